The van der Waals surface area contributed by atoms with E-state index in [4.69, 9.17) is 9.47 Å². The monoisotopic (exact) mass is 228 g/mol. The Hall–Kier alpha value is -0.0800. The first-order valence-electron chi connectivity index (χ1n) is 6.89. The van der Waals surface area contributed by atoms with E-state index < -0.39 is 0 Å². The molecule has 0 aromatic heterocycles. The van der Waals surface area contributed by atoms with Crippen molar-refractivity contribution in [1.82, 2.24) is 0 Å². The molecule has 2 nitrogen and oxygen atoms in total. The van der Waals surface area contributed by atoms with Crippen LogP contribution in [0.15, 0.2) is 0 Å². The molecule has 1 rings (SSSR count). The molecule has 1 heterocycles. The Labute approximate surface area is 101 Å². The lowest BCUT2D eigenvalue weighted by molar-refractivity contribution is -0.0142. The third-order valence-electron chi connectivity index (χ3n) is 3.54. The van der Waals surface area contributed by atoms with Gasteiger partial charge in [-0.15, -0.1) is 0 Å². The van der Waals surface area contributed by atoms with E-state index in [1.54, 1.807) is 0 Å². The number of unbranched alkanes of at least 4 members (excludes halogenated alkanes) is 1. The van der Waals surface area contributed by atoms with Gasteiger partial charge in [-0.2, -0.15) is 0 Å². The van der Waals surface area contributed by atoms with Crippen LogP contribution < -0.4 is 0 Å². The summed E-state index contributed by atoms with van der Waals surface area (Å²) in [6, 6.07) is 0. The highest BCUT2D eigenvalue weighted by molar-refractivity contribution is 4.75. The summed E-state index contributed by atoms with van der Waals surface area (Å²) in [5, 5.41) is 0. The molecule has 0 spiro atoms. The second kappa shape index (κ2) is 7.29. The molecular weight excluding hydrogens is 200 g/mol. The molecule has 0 saturated carbocycles. The molecule has 0 aromatic carbocycles. The van der Waals surface area contributed by atoms with Gasteiger partial charge in [-0.3, -0.25) is 0 Å². The minimum atomic E-state index is 0.359. The zero-order chi connectivity index (χ0) is 11.9. The number of hydrogen-bond donors (Lipinski definition) is 0. The highest BCUT2D eigenvalue weighted by Gasteiger charge is 2.26. The van der Waals surface area contributed by atoms with E-state index in [9.17, 15) is 0 Å². The Morgan fingerprint density at radius 1 is 1.25 bits per heavy atom. The van der Waals surface area contributed by atoms with E-state index in [0.29, 0.717) is 11.5 Å². The standard InChI is InChI=1S/C14H28O2/c1-4-6-9-14(3,8-5-2)12-16-13-7-10-15-11-13/h13H,4-12H2,1-3H3. The molecule has 2 unspecified atom stereocenters. The van der Waals surface area contributed by atoms with Gasteiger partial charge < -0.3 is 9.47 Å². The van der Waals surface area contributed by atoms with Crippen LogP contribution in [0.1, 0.15) is 59.3 Å². The average molecular weight is 228 g/mol. The molecule has 1 aliphatic heterocycles. The Bertz CT molecular complexity index is 176. The molecular formula is C14H28O2. The van der Waals surface area contributed by atoms with E-state index in [0.717, 1.165) is 26.2 Å². The van der Waals surface area contributed by atoms with Crippen LogP contribution in [0, 0.1) is 5.41 Å². The van der Waals surface area contributed by atoms with E-state index in [-0.39, 0.29) is 0 Å². The molecule has 2 atom stereocenters. The van der Waals surface area contributed by atoms with Gasteiger partial charge >= 0.3 is 0 Å². The maximum Gasteiger partial charge on any atom is 0.0830 e. The van der Waals surface area contributed by atoms with E-state index in [1.807, 2.05) is 0 Å². The third-order valence-corrected chi connectivity index (χ3v) is 3.54. The fourth-order valence-corrected chi connectivity index (χ4v) is 2.44. The highest BCUT2D eigenvalue weighted by Crippen LogP contribution is 2.31. The van der Waals surface area contributed by atoms with Crippen molar-refractivity contribution in [3.8, 4) is 0 Å². The molecule has 2 heteroatoms. The van der Waals surface area contributed by atoms with Crippen molar-refractivity contribution in [2.24, 2.45) is 5.41 Å². The predicted molar refractivity (Wildman–Crippen MR) is 67.7 cm³/mol. The van der Waals surface area contributed by atoms with Crippen LogP contribution in [-0.2, 0) is 9.47 Å². The van der Waals surface area contributed by atoms with Crippen molar-refractivity contribution < 1.29 is 9.47 Å². The summed E-state index contributed by atoms with van der Waals surface area (Å²) in [5.41, 5.74) is 0.382. The first kappa shape index (κ1) is 14.0. The first-order chi connectivity index (χ1) is 7.70. The molecule has 0 radical (unpaired) electrons. The molecule has 0 aromatic rings. The van der Waals surface area contributed by atoms with Crippen molar-refractivity contribution in [2.45, 2.75) is 65.4 Å². The Kier molecular flexibility index (Phi) is 6.37. The summed E-state index contributed by atoms with van der Waals surface area (Å²) in [4.78, 5) is 0. The summed E-state index contributed by atoms with van der Waals surface area (Å²) >= 11 is 0. The van der Waals surface area contributed by atoms with Gasteiger partial charge in [0.15, 0.2) is 0 Å². The fourth-order valence-electron chi connectivity index (χ4n) is 2.44. The van der Waals surface area contributed by atoms with Crippen LogP contribution in [0.25, 0.3) is 0 Å². The fraction of sp³-hybridized carbons (Fsp3) is 1.00. The van der Waals surface area contributed by atoms with Gasteiger partial charge in [0.1, 0.15) is 0 Å². The lowest BCUT2D eigenvalue weighted by Crippen LogP contribution is -2.27. The van der Waals surface area contributed by atoms with Crippen molar-refractivity contribution >= 4 is 0 Å². The number of rotatable bonds is 8. The second-order valence-corrected chi connectivity index (χ2v) is 5.46. The SMILES string of the molecule is CCCCC(C)(CCC)COC1CCOC1. The van der Waals surface area contributed by atoms with Crippen LogP contribution >= 0.6 is 0 Å². The van der Waals surface area contributed by atoms with Gasteiger partial charge in [0.25, 0.3) is 0 Å². The molecule has 0 N–H and O–H groups in total. The largest absolute Gasteiger partial charge is 0.379 e. The normalized spacial score (nSPS) is 24.6. The zero-order valence-electron chi connectivity index (χ0n) is 11.3. The maximum atomic E-state index is 5.99. The quantitative estimate of drug-likeness (QED) is 0.629. The Balaban J connectivity index is 2.29. The molecule has 0 aliphatic carbocycles. The Morgan fingerprint density at radius 2 is 2.06 bits per heavy atom. The lowest BCUT2D eigenvalue weighted by Gasteiger charge is -2.30. The molecule has 0 amide bonds. The van der Waals surface area contributed by atoms with Crippen LogP contribution in [0.2, 0.25) is 0 Å². The molecule has 1 aliphatic rings. The minimum Gasteiger partial charge on any atom is -0.379 e. The molecule has 16 heavy (non-hydrogen) atoms. The van der Waals surface area contributed by atoms with Gasteiger partial charge in [0, 0.05) is 6.61 Å². The van der Waals surface area contributed by atoms with Crippen molar-refractivity contribution in [2.75, 3.05) is 19.8 Å². The van der Waals surface area contributed by atoms with Crippen molar-refractivity contribution in [1.29, 1.82) is 0 Å². The summed E-state index contributed by atoms with van der Waals surface area (Å²) in [7, 11) is 0. The third kappa shape index (κ3) is 4.84. The molecule has 1 fully saturated rings. The zero-order valence-corrected chi connectivity index (χ0v) is 11.3. The minimum absolute atomic E-state index is 0.359. The first-order valence-corrected chi connectivity index (χ1v) is 6.89. The summed E-state index contributed by atoms with van der Waals surface area (Å²) in [6.07, 6.45) is 7.87. The summed E-state index contributed by atoms with van der Waals surface area (Å²) in [6.45, 7) is 9.50. The van der Waals surface area contributed by atoms with Crippen molar-refractivity contribution in [3.05, 3.63) is 0 Å². The highest BCUT2D eigenvalue weighted by atomic mass is 16.5. The maximum absolute atomic E-state index is 5.99. The van der Waals surface area contributed by atoms with Gasteiger partial charge in [0.2, 0.25) is 0 Å². The summed E-state index contributed by atoms with van der Waals surface area (Å²) < 4.78 is 11.3. The Morgan fingerprint density at radius 3 is 2.62 bits per heavy atom. The van der Waals surface area contributed by atoms with Gasteiger partial charge in [-0.25, -0.2) is 0 Å². The summed E-state index contributed by atoms with van der Waals surface area (Å²) in [5.74, 6) is 0. The molecule has 1 saturated heterocycles. The van der Waals surface area contributed by atoms with E-state index in [2.05, 4.69) is 20.8 Å². The predicted octanol–water partition coefficient (Wildman–Crippen LogP) is 3.79. The van der Waals surface area contributed by atoms with Crippen LogP contribution in [0.3, 0.4) is 0 Å². The van der Waals surface area contributed by atoms with Crippen LogP contribution in [0.4, 0.5) is 0 Å². The van der Waals surface area contributed by atoms with Gasteiger partial charge in [0.05, 0.1) is 19.3 Å². The number of ether oxygens (including phenoxy) is 2. The van der Waals surface area contributed by atoms with Gasteiger partial charge in [-0.1, -0.05) is 40.0 Å². The van der Waals surface area contributed by atoms with Gasteiger partial charge in [-0.05, 0) is 24.7 Å². The van der Waals surface area contributed by atoms with Crippen LogP contribution in [0.5, 0.6) is 0 Å². The lowest BCUT2D eigenvalue weighted by atomic mass is 9.81. The van der Waals surface area contributed by atoms with E-state index in [1.165, 1.54) is 32.1 Å². The molecule has 96 valence electrons. The second-order valence-electron chi connectivity index (χ2n) is 5.46. The number of hydrogen-bond acceptors (Lipinski definition) is 2. The van der Waals surface area contributed by atoms with Crippen molar-refractivity contribution in [3.63, 3.8) is 0 Å². The smallest absolute Gasteiger partial charge is 0.0830 e. The van der Waals surface area contributed by atoms with E-state index >= 15 is 0 Å². The molecule has 0 bridgehead atoms. The average Bonchev–Trinajstić information content (AvgIpc) is 2.77. The van der Waals surface area contributed by atoms with Crippen LogP contribution in [-0.4, -0.2) is 25.9 Å². The topological polar surface area (TPSA) is 18.5 Å².